The third kappa shape index (κ3) is 4.41. The molecule has 2 aliphatic heterocycles. The number of carboxylic acid groups (broad SMARTS) is 1. The minimum absolute atomic E-state index is 0.0193. The first-order valence-electron chi connectivity index (χ1n) is 13.9. The van der Waals surface area contributed by atoms with E-state index in [0.717, 1.165) is 23.7 Å². The molecule has 0 radical (unpaired) electrons. The molecule has 4 heterocycles. The van der Waals surface area contributed by atoms with E-state index in [-0.39, 0.29) is 23.7 Å². The fourth-order valence-corrected chi connectivity index (χ4v) is 6.14. The van der Waals surface area contributed by atoms with Crippen molar-refractivity contribution in [2.45, 2.75) is 43.7 Å². The molecule has 1 spiro atoms. The van der Waals surface area contributed by atoms with Crippen molar-refractivity contribution in [3.05, 3.63) is 77.6 Å². The van der Waals surface area contributed by atoms with Gasteiger partial charge in [-0.1, -0.05) is 0 Å². The number of likely N-dealkylation sites (tertiary alicyclic amines) is 1. The average molecular weight is 551 g/mol. The highest BCUT2D eigenvalue weighted by atomic mass is 16.5. The van der Waals surface area contributed by atoms with Crippen molar-refractivity contribution >= 4 is 28.6 Å². The van der Waals surface area contributed by atoms with Crippen LogP contribution in [0.5, 0.6) is 11.5 Å². The van der Waals surface area contributed by atoms with E-state index in [1.54, 1.807) is 25.3 Å². The number of aromatic nitrogens is 2. The van der Waals surface area contributed by atoms with Crippen molar-refractivity contribution in [3.63, 3.8) is 0 Å². The summed E-state index contributed by atoms with van der Waals surface area (Å²) in [5.74, 6) is -0.193. The number of pyridine rings is 1. The van der Waals surface area contributed by atoms with E-state index in [9.17, 15) is 19.5 Å². The first kappa shape index (κ1) is 25.3. The molecule has 7 rings (SSSR count). The highest BCUT2D eigenvalue weighted by Crippen LogP contribution is 2.42. The van der Waals surface area contributed by atoms with Gasteiger partial charge < -0.3 is 28.8 Å². The number of nitrogens with zero attached hydrogens (tertiary/aromatic N) is 3. The number of hydrogen-bond donors (Lipinski definition) is 0. The van der Waals surface area contributed by atoms with Gasteiger partial charge in [-0.25, -0.2) is 0 Å². The van der Waals surface area contributed by atoms with E-state index in [4.69, 9.17) is 9.47 Å². The Hall–Kier alpha value is -4.66. The maximum atomic E-state index is 13.6. The van der Waals surface area contributed by atoms with Crippen LogP contribution in [-0.4, -0.2) is 57.9 Å². The van der Waals surface area contributed by atoms with E-state index in [2.05, 4.69) is 15.7 Å². The summed E-state index contributed by atoms with van der Waals surface area (Å²) >= 11 is 0. The average Bonchev–Trinajstić information content (AvgIpc) is 3.74. The Labute approximate surface area is 236 Å². The van der Waals surface area contributed by atoms with Gasteiger partial charge in [0.25, 0.3) is 5.91 Å². The Balaban J connectivity index is 1.09. The van der Waals surface area contributed by atoms with Crippen LogP contribution >= 0.6 is 0 Å². The van der Waals surface area contributed by atoms with Crippen LogP contribution in [0.15, 0.2) is 60.9 Å². The van der Waals surface area contributed by atoms with Gasteiger partial charge in [0.05, 0.1) is 36.3 Å². The Kier molecular flexibility index (Phi) is 5.85. The Bertz CT molecular complexity index is 1730. The van der Waals surface area contributed by atoms with Crippen LogP contribution in [0, 0.1) is 0 Å². The lowest BCUT2D eigenvalue weighted by atomic mass is 9.82. The number of hydrogen-bond acceptors (Lipinski definition) is 7. The van der Waals surface area contributed by atoms with Crippen LogP contribution < -0.4 is 14.6 Å². The molecule has 9 heteroatoms. The molecule has 0 bridgehead atoms. The molecule has 1 amide bonds. The fourth-order valence-electron chi connectivity index (χ4n) is 6.14. The zero-order chi connectivity index (χ0) is 28.3. The lowest BCUT2D eigenvalue weighted by Gasteiger charge is -2.44. The maximum absolute atomic E-state index is 13.6. The monoisotopic (exact) mass is 550 g/mol. The third-order valence-electron chi connectivity index (χ3n) is 8.55. The van der Waals surface area contributed by atoms with Gasteiger partial charge >= 0.3 is 0 Å². The topological polar surface area (TPSA) is 114 Å². The number of methoxy groups -OCH3 is 1. The number of ketones is 1. The summed E-state index contributed by atoms with van der Waals surface area (Å²) in [5.41, 5.74) is 2.48. The summed E-state index contributed by atoms with van der Waals surface area (Å²) in [4.78, 5) is 44.3. The zero-order valence-corrected chi connectivity index (χ0v) is 22.6. The van der Waals surface area contributed by atoms with Gasteiger partial charge in [0.1, 0.15) is 17.1 Å². The summed E-state index contributed by atoms with van der Waals surface area (Å²) < 4.78 is 14.3. The predicted octanol–water partition coefficient (Wildman–Crippen LogP) is 4.05. The standard InChI is InChI=1S/C32H29N3O6/c1-40-29-17-21(16-26-23(29)7-11-35(26)22-3-4-22)30(37)34-12-8-32(9-13-34)18-27(36)24-14-19(2-5-28(24)41-32)25-15-20(31(38)39)6-10-33-25/h2,5-7,10-11,14-17,22H,3-4,8-9,12-13,18H2,1H3,(H,38,39)/p-1. The lowest BCUT2D eigenvalue weighted by molar-refractivity contribution is -0.255. The number of carbonyl (C=O) groups is 3. The number of rotatable bonds is 5. The number of piperidine rings is 1. The molecular formula is C32H28N3O6-. The SMILES string of the molecule is COc1cc(C(=O)N2CCC3(CC2)CC(=O)c2cc(-c4cc(C(=O)[O-])ccn4)ccc2O3)cc2c1ccn2C1CC1. The first-order chi connectivity index (χ1) is 19.8. The molecule has 0 atom stereocenters. The van der Waals surface area contributed by atoms with Crippen molar-refractivity contribution in [2.24, 2.45) is 0 Å². The molecule has 4 aromatic rings. The molecule has 1 saturated carbocycles. The van der Waals surface area contributed by atoms with Gasteiger partial charge in [-0.2, -0.15) is 0 Å². The van der Waals surface area contributed by atoms with Crippen molar-refractivity contribution in [2.75, 3.05) is 20.2 Å². The third-order valence-corrected chi connectivity index (χ3v) is 8.55. The van der Waals surface area contributed by atoms with Crippen molar-refractivity contribution in [1.29, 1.82) is 0 Å². The van der Waals surface area contributed by atoms with Gasteiger partial charge in [-0.3, -0.25) is 14.6 Å². The summed E-state index contributed by atoms with van der Waals surface area (Å²) in [5, 5.41) is 12.3. The molecule has 41 heavy (non-hydrogen) atoms. The van der Waals surface area contributed by atoms with E-state index in [0.29, 0.717) is 65.9 Å². The van der Waals surface area contributed by atoms with E-state index < -0.39 is 11.6 Å². The number of Topliss-reactive ketones (excluding diaryl/α,β-unsaturated/α-hetero) is 1. The van der Waals surface area contributed by atoms with Crippen LogP contribution in [0.3, 0.4) is 0 Å². The number of carboxylic acids is 1. The number of ether oxygens (including phenoxy) is 2. The minimum Gasteiger partial charge on any atom is -0.545 e. The van der Waals surface area contributed by atoms with E-state index in [1.165, 1.54) is 18.3 Å². The number of amides is 1. The molecule has 2 fully saturated rings. The number of aromatic carboxylic acids is 1. The molecule has 1 aliphatic carbocycles. The smallest absolute Gasteiger partial charge is 0.254 e. The summed E-state index contributed by atoms with van der Waals surface area (Å²) in [6.45, 7) is 0.951. The minimum atomic E-state index is -1.29. The molecule has 9 nitrogen and oxygen atoms in total. The predicted molar refractivity (Wildman–Crippen MR) is 148 cm³/mol. The summed E-state index contributed by atoms with van der Waals surface area (Å²) in [6.07, 6.45) is 7.07. The van der Waals surface area contributed by atoms with Crippen molar-refractivity contribution in [1.82, 2.24) is 14.5 Å². The molecule has 0 N–H and O–H groups in total. The summed E-state index contributed by atoms with van der Waals surface area (Å²) in [7, 11) is 1.63. The van der Waals surface area contributed by atoms with Crippen LogP contribution in [0.2, 0.25) is 0 Å². The quantitative estimate of drug-likeness (QED) is 0.368. The van der Waals surface area contributed by atoms with Gasteiger partial charge in [0.15, 0.2) is 5.78 Å². The molecule has 0 unspecified atom stereocenters. The Morgan fingerprint density at radius 3 is 2.59 bits per heavy atom. The molecule has 208 valence electrons. The second kappa shape index (κ2) is 9.47. The molecule has 1 saturated heterocycles. The van der Waals surface area contributed by atoms with Gasteiger partial charge in [0.2, 0.25) is 0 Å². The Morgan fingerprint density at radius 2 is 1.85 bits per heavy atom. The van der Waals surface area contributed by atoms with Crippen LogP contribution in [-0.2, 0) is 0 Å². The van der Waals surface area contributed by atoms with Crippen molar-refractivity contribution in [3.8, 4) is 22.8 Å². The van der Waals surface area contributed by atoms with Crippen molar-refractivity contribution < 1.29 is 29.0 Å². The van der Waals surface area contributed by atoms with E-state index >= 15 is 0 Å². The van der Waals surface area contributed by atoms with Gasteiger partial charge in [-0.05, 0) is 61.4 Å². The van der Waals surface area contributed by atoms with Crippen LogP contribution in [0.25, 0.3) is 22.2 Å². The number of carbonyl (C=O) groups excluding carboxylic acids is 3. The zero-order valence-electron chi connectivity index (χ0n) is 22.6. The Morgan fingerprint density at radius 1 is 1.05 bits per heavy atom. The fraction of sp³-hybridized carbons (Fsp3) is 0.312. The molecule has 3 aliphatic rings. The normalized spacial score (nSPS) is 17.8. The van der Waals surface area contributed by atoms with Crippen LogP contribution in [0.4, 0.5) is 0 Å². The second-order valence-electron chi connectivity index (χ2n) is 11.2. The largest absolute Gasteiger partial charge is 0.545 e. The van der Waals surface area contributed by atoms with Gasteiger partial charge in [0, 0.05) is 66.4 Å². The highest BCUT2D eigenvalue weighted by molar-refractivity contribution is 6.02. The molecular weight excluding hydrogens is 522 g/mol. The maximum Gasteiger partial charge on any atom is 0.254 e. The number of fused-ring (bicyclic) bond motifs is 2. The molecule has 2 aromatic heterocycles. The highest BCUT2D eigenvalue weighted by Gasteiger charge is 2.44. The second-order valence-corrected chi connectivity index (χ2v) is 11.2. The summed E-state index contributed by atoms with van der Waals surface area (Å²) in [6, 6.07) is 14.3. The lowest BCUT2D eigenvalue weighted by Crippen LogP contribution is -2.52. The van der Waals surface area contributed by atoms with Gasteiger partial charge in [-0.15, -0.1) is 0 Å². The first-order valence-corrected chi connectivity index (χ1v) is 13.9. The molecule has 2 aromatic carbocycles. The number of benzene rings is 2. The van der Waals surface area contributed by atoms with Crippen LogP contribution in [0.1, 0.15) is 69.2 Å². The van der Waals surface area contributed by atoms with E-state index in [1.807, 2.05) is 23.1 Å².